The number of hydrogen-bond donors (Lipinski definition) is 0. The fraction of sp³-hybridized carbons (Fsp3) is 0.657. The van der Waals surface area contributed by atoms with Gasteiger partial charge >= 0.3 is 0 Å². The molecule has 2 aromatic rings. The highest BCUT2D eigenvalue weighted by atomic mass is 19.2. The van der Waals surface area contributed by atoms with Gasteiger partial charge in [-0.3, -0.25) is 0 Å². The molecule has 1 aliphatic carbocycles. The van der Waals surface area contributed by atoms with Crippen molar-refractivity contribution in [1.29, 1.82) is 0 Å². The molecule has 1 fully saturated rings. The molecule has 0 bridgehead atoms. The zero-order valence-corrected chi connectivity index (χ0v) is 24.2. The van der Waals surface area contributed by atoms with Crippen LogP contribution in [0.25, 0.3) is 11.1 Å². The molecule has 0 heterocycles. The number of ether oxygens (including phenoxy) is 1. The van der Waals surface area contributed by atoms with Gasteiger partial charge in [-0.2, -0.15) is 4.39 Å². The molecule has 3 rings (SSSR count). The van der Waals surface area contributed by atoms with Crippen molar-refractivity contribution in [2.75, 3.05) is 6.61 Å². The summed E-state index contributed by atoms with van der Waals surface area (Å²) in [6, 6.07) is 11.4. The van der Waals surface area contributed by atoms with Crippen LogP contribution in [0.4, 0.5) is 8.78 Å². The van der Waals surface area contributed by atoms with E-state index in [0.29, 0.717) is 18.1 Å². The fourth-order valence-corrected chi connectivity index (χ4v) is 6.04. The Hall–Kier alpha value is -1.90. The van der Waals surface area contributed by atoms with Gasteiger partial charge in [-0.1, -0.05) is 122 Å². The second-order valence-corrected chi connectivity index (χ2v) is 11.6. The molecule has 212 valence electrons. The van der Waals surface area contributed by atoms with Crippen LogP contribution in [-0.2, 0) is 0 Å². The van der Waals surface area contributed by atoms with Crippen LogP contribution in [0.3, 0.4) is 0 Å². The number of hydrogen-bond acceptors (Lipinski definition) is 1. The molecule has 0 N–H and O–H groups in total. The second-order valence-electron chi connectivity index (χ2n) is 11.6. The van der Waals surface area contributed by atoms with Crippen molar-refractivity contribution in [2.45, 2.75) is 135 Å². The van der Waals surface area contributed by atoms with E-state index in [2.05, 4.69) is 26.0 Å². The zero-order chi connectivity index (χ0) is 27.0. The number of rotatable bonds is 18. The predicted octanol–water partition coefficient (Wildman–Crippen LogP) is 11.8. The van der Waals surface area contributed by atoms with Gasteiger partial charge in [-0.15, -0.1) is 0 Å². The molecule has 2 aromatic carbocycles. The highest BCUT2D eigenvalue weighted by Gasteiger charge is 2.22. The van der Waals surface area contributed by atoms with E-state index in [4.69, 9.17) is 4.74 Å². The van der Waals surface area contributed by atoms with Gasteiger partial charge in [0, 0.05) is 5.56 Å². The van der Waals surface area contributed by atoms with Gasteiger partial charge in [0.05, 0.1) is 6.61 Å². The molecule has 3 heteroatoms. The Bertz CT molecular complexity index is 899. The van der Waals surface area contributed by atoms with Crippen molar-refractivity contribution in [3.8, 4) is 16.9 Å². The first-order valence-electron chi connectivity index (χ1n) is 15.8. The van der Waals surface area contributed by atoms with Crippen molar-refractivity contribution >= 4 is 0 Å². The molecule has 0 atom stereocenters. The highest BCUT2D eigenvalue weighted by molar-refractivity contribution is 5.65. The topological polar surface area (TPSA) is 9.23 Å². The van der Waals surface area contributed by atoms with Crippen LogP contribution in [0.15, 0.2) is 36.4 Å². The van der Waals surface area contributed by atoms with Crippen LogP contribution in [0, 0.1) is 17.6 Å². The molecule has 0 saturated heterocycles. The molecule has 38 heavy (non-hydrogen) atoms. The summed E-state index contributed by atoms with van der Waals surface area (Å²) in [5.74, 6) is -0.185. The van der Waals surface area contributed by atoms with Gasteiger partial charge in [-0.05, 0) is 67.2 Å². The third-order valence-electron chi connectivity index (χ3n) is 8.56. The standard InChI is InChI=1S/C35H52F2O/c1-3-5-7-8-9-10-11-12-13-15-27-38-33-26-25-32(34(36)35(33)37)31-23-21-30(22-24-31)29-19-17-28(18-20-29)16-14-6-4-2/h21-26,28-29H,3-20,27H2,1-2H3. The van der Waals surface area contributed by atoms with Crippen LogP contribution in [0.5, 0.6) is 5.75 Å². The Morgan fingerprint density at radius 2 is 1.21 bits per heavy atom. The molecule has 1 aliphatic rings. The van der Waals surface area contributed by atoms with Crippen molar-refractivity contribution in [3.63, 3.8) is 0 Å². The Balaban J connectivity index is 1.40. The second kappa shape index (κ2) is 17.6. The zero-order valence-electron chi connectivity index (χ0n) is 24.2. The summed E-state index contributed by atoms with van der Waals surface area (Å²) in [6.07, 6.45) is 22.9. The van der Waals surface area contributed by atoms with Crippen molar-refractivity contribution in [3.05, 3.63) is 53.6 Å². The van der Waals surface area contributed by atoms with Gasteiger partial charge < -0.3 is 4.74 Å². The summed E-state index contributed by atoms with van der Waals surface area (Å²) in [5.41, 5.74) is 2.36. The minimum atomic E-state index is -0.875. The molecular weight excluding hydrogens is 474 g/mol. The SMILES string of the molecule is CCCCCCCCCCCCOc1ccc(-c2ccc(C3CCC(CCCCC)CC3)cc2)c(F)c1F. The van der Waals surface area contributed by atoms with E-state index in [9.17, 15) is 8.78 Å². The van der Waals surface area contributed by atoms with Crippen LogP contribution in [0.1, 0.15) is 141 Å². The first-order chi connectivity index (χ1) is 18.6. The predicted molar refractivity (Wildman–Crippen MR) is 158 cm³/mol. The monoisotopic (exact) mass is 526 g/mol. The summed E-state index contributed by atoms with van der Waals surface area (Å²) in [5, 5.41) is 0. The lowest BCUT2D eigenvalue weighted by Gasteiger charge is -2.29. The lowest BCUT2D eigenvalue weighted by Crippen LogP contribution is -2.13. The molecule has 1 nitrogen and oxygen atoms in total. The largest absolute Gasteiger partial charge is 0.490 e. The summed E-state index contributed by atoms with van der Waals surface area (Å²) < 4.78 is 35.3. The third-order valence-corrected chi connectivity index (χ3v) is 8.56. The van der Waals surface area contributed by atoms with Gasteiger partial charge in [0.15, 0.2) is 11.6 Å². The van der Waals surface area contributed by atoms with E-state index in [1.165, 1.54) is 108 Å². The average Bonchev–Trinajstić information content (AvgIpc) is 2.95. The fourth-order valence-electron chi connectivity index (χ4n) is 6.04. The third kappa shape index (κ3) is 10.0. The highest BCUT2D eigenvalue weighted by Crippen LogP contribution is 2.38. The summed E-state index contributed by atoms with van der Waals surface area (Å²) in [4.78, 5) is 0. The van der Waals surface area contributed by atoms with Gasteiger partial charge in [0.25, 0.3) is 0 Å². The van der Waals surface area contributed by atoms with Crippen LogP contribution < -0.4 is 4.74 Å². The normalized spacial score (nSPS) is 17.6. The van der Waals surface area contributed by atoms with E-state index in [1.807, 2.05) is 12.1 Å². The average molecular weight is 527 g/mol. The molecule has 0 radical (unpaired) electrons. The lowest BCUT2D eigenvalue weighted by molar-refractivity contribution is 0.285. The van der Waals surface area contributed by atoms with Crippen LogP contribution in [0.2, 0.25) is 0 Å². The number of halogens is 2. The van der Waals surface area contributed by atoms with Crippen molar-refractivity contribution in [1.82, 2.24) is 0 Å². The maximum atomic E-state index is 14.9. The van der Waals surface area contributed by atoms with E-state index in [0.717, 1.165) is 24.3 Å². The van der Waals surface area contributed by atoms with E-state index in [1.54, 1.807) is 12.1 Å². The quantitative estimate of drug-likeness (QED) is 0.175. The maximum Gasteiger partial charge on any atom is 0.201 e. The van der Waals surface area contributed by atoms with E-state index >= 15 is 0 Å². The van der Waals surface area contributed by atoms with Crippen LogP contribution in [-0.4, -0.2) is 6.61 Å². The molecule has 0 unspecified atom stereocenters. The first-order valence-corrected chi connectivity index (χ1v) is 15.8. The smallest absolute Gasteiger partial charge is 0.201 e. The summed E-state index contributed by atoms with van der Waals surface area (Å²) >= 11 is 0. The van der Waals surface area contributed by atoms with E-state index in [-0.39, 0.29) is 5.75 Å². The molecular formula is C35H52F2O. The Kier molecular flexibility index (Phi) is 14.2. The molecule has 0 aromatic heterocycles. The Morgan fingerprint density at radius 1 is 0.632 bits per heavy atom. The van der Waals surface area contributed by atoms with Crippen molar-refractivity contribution in [2.24, 2.45) is 5.92 Å². The number of unbranched alkanes of at least 4 members (excludes halogenated alkanes) is 11. The van der Waals surface area contributed by atoms with Gasteiger partial charge in [0.2, 0.25) is 5.82 Å². The lowest BCUT2D eigenvalue weighted by atomic mass is 9.77. The molecule has 0 amide bonds. The minimum Gasteiger partial charge on any atom is -0.490 e. The first kappa shape index (κ1) is 30.6. The van der Waals surface area contributed by atoms with E-state index < -0.39 is 11.6 Å². The van der Waals surface area contributed by atoms with Crippen molar-refractivity contribution < 1.29 is 13.5 Å². The molecule has 0 spiro atoms. The minimum absolute atomic E-state index is 0.0227. The Morgan fingerprint density at radius 3 is 1.84 bits per heavy atom. The summed E-state index contributed by atoms with van der Waals surface area (Å²) in [6.45, 7) is 4.94. The number of benzene rings is 2. The maximum absolute atomic E-state index is 14.9. The van der Waals surface area contributed by atoms with Gasteiger partial charge in [0.1, 0.15) is 0 Å². The Labute approximate surface area is 231 Å². The molecule has 0 aliphatic heterocycles. The van der Waals surface area contributed by atoms with Gasteiger partial charge in [-0.25, -0.2) is 4.39 Å². The van der Waals surface area contributed by atoms with Crippen LogP contribution >= 0.6 is 0 Å². The summed E-state index contributed by atoms with van der Waals surface area (Å²) in [7, 11) is 0. The molecule has 1 saturated carbocycles.